The van der Waals surface area contributed by atoms with E-state index < -0.39 is 28.5 Å². The number of anilines is 2. The fourth-order valence-corrected chi connectivity index (χ4v) is 4.75. The maximum absolute atomic E-state index is 14.0. The van der Waals surface area contributed by atoms with Gasteiger partial charge in [-0.3, -0.25) is 24.5 Å². The van der Waals surface area contributed by atoms with Crippen LogP contribution in [-0.4, -0.2) is 28.4 Å². The van der Waals surface area contributed by atoms with Gasteiger partial charge in [-0.1, -0.05) is 52.3 Å². The van der Waals surface area contributed by atoms with Gasteiger partial charge in [-0.05, 0) is 60.7 Å². The number of thioether (sulfide) groups is 1. The summed E-state index contributed by atoms with van der Waals surface area (Å²) in [6.45, 7) is 0. The lowest BCUT2D eigenvalue weighted by atomic mass is 10.1. The molecular formula is C30H22BrFN4O5S. The van der Waals surface area contributed by atoms with Crippen LogP contribution in [0.3, 0.4) is 0 Å². The minimum Gasteiger partial charge on any atom is -0.323 e. The molecule has 0 aliphatic heterocycles. The molecule has 0 aliphatic rings. The first-order chi connectivity index (χ1) is 20.2. The fourth-order valence-electron chi connectivity index (χ4n) is 3.66. The van der Waals surface area contributed by atoms with E-state index in [9.17, 15) is 28.9 Å². The number of amides is 3. The van der Waals surface area contributed by atoms with Gasteiger partial charge in [0.1, 0.15) is 11.5 Å². The van der Waals surface area contributed by atoms with Crippen LogP contribution in [0.2, 0.25) is 0 Å². The van der Waals surface area contributed by atoms with Crippen molar-refractivity contribution < 1.29 is 23.7 Å². The van der Waals surface area contributed by atoms with Crippen LogP contribution in [0.25, 0.3) is 6.08 Å². The predicted octanol–water partition coefficient (Wildman–Crippen LogP) is 6.64. The van der Waals surface area contributed by atoms with E-state index in [2.05, 4.69) is 31.9 Å². The summed E-state index contributed by atoms with van der Waals surface area (Å²) in [5, 5.41) is 19.3. The quantitative estimate of drug-likeness (QED) is 0.0765. The van der Waals surface area contributed by atoms with Crippen molar-refractivity contribution >= 4 is 68.6 Å². The van der Waals surface area contributed by atoms with E-state index in [1.54, 1.807) is 66.7 Å². The number of carbonyl (C=O) groups is 3. The number of nitrogens with zero attached hydrogens (tertiary/aromatic N) is 1. The largest absolute Gasteiger partial charge is 0.323 e. The molecule has 212 valence electrons. The molecule has 0 spiro atoms. The Morgan fingerprint density at radius 1 is 0.905 bits per heavy atom. The topological polar surface area (TPSA) is 130 Å². The highest BCUT2D eigenvalue weighted by molar-refractivity contribution is 9.10. The highest BCUT2D eigenvalue weighted by Gasteiger charge is 2.18. The van der Waals surface area contributed by atoms with Crippen LogP contribution in [0.4, 0.5) is 21.5 Å². The summed E-state index contributed by atoms with van der Waals surface area (Å²) in [4.78, 5) is 50.1. The molecule has 3 amide bonds. The Bertz CT molecular complexity index is 1680. The van der Waals surface area contributed by atoms with E-state index in [4.69, 9.17) is 0 Å². The molecule has 0 unspecified atom stereocenters. The van der Waals surface area contributed by atoms with Crippen LogP contribution in [0.15, 0.2) is 112 Å². The summed E-state index contributed by atoms with van der Waals surface area (Å²) in [5.41, 5.74) is 0.368. The molecule has 0 saturated heterocycles. The molecule has 0 radical (unpaired) electrons. The number of hydrogen-bond donors (Lipinski definition) is 3. The van der Waals surface area contributed by atoms with Crippen molar-refractivity contribution in [2.75, 3.05) is 16.4 Å². The SMILES string of the molecule is O=C(CSc1cccc(NC(=O)/C(=C\c2ccccc2[N+](=O)[O-])NC(=O)c2ccccc2)c1)Nc1ccc(Br)cc1F. The van der Waals surface area contributed by atoms with Crippen molar-refractivity contribution in [2.24, 2.45) is 0 Å². The van der Waals surface area contributed by atoms with E-state index in [0.29, 0.717) is 20.6 Å². The second-order valence-corrected chi connectivity index (χ2v) is 10.6. The second kappa shape index (κ2) is 14.2. The number of nitro benzene ring substituents is 1. The molecule has 3 N–H and O–H groups in total. The molecule has 0 heterocycles. The number of rotatable bonds is 10. The fraction of sp³-hybridized carbons (Fsp3) is 0.0333. The maximum atomic E-state index is 14.0. The first kappa shape index (κ1) is 30.2. The molecule has 0 fully saturated rings. The minimum atomic E-state index is -0.719. The van der Waals surface area contributed by atoms with Gasteiger partial charge < -0.3 is 16.0 Å². The van der Waals surface area contributed by atoms with Gasteiger partial charge in [-0.2, -0.15) is 0 Å². The van der Waals surface area contributed by atoms with Gasteiger partial charge in [0.2, 0.25) is 5.91 Å². The highest BCUT2D eigenvalue weighted by atomic mass is 79.9. The molecule has 0 aromatic heterocycles. The maximum Gasteiger partial charge on any atom is 0.276 e. The highest BCUT2D eigenvalue weighted by Crippen LogP contribution is 2.25. The van der Waals surface area contributed by atoms with E-state index in [0.717, 1.165) is 0 Å². The number of nitrogens with one attached hydrogen (secondary N) is 3. The monoisotopic (exact) mass is 648 g/mol. The summed E-state index contributed by atoms with van der Waals surface area (Å²) in [5.74, 6) is -2.32. The van der Waals surface area contributed by atoms with Crippen molar-refractivity contribution in [1.29, 1.82) is 0 Å². The summed E-state index contributed by atoms with van der Waals surface area (Å²) >= 11 is 4.33. The number of carbonyl (C=O) groups excluding carboxylic acids is 3. The lowest BCUT2D eigenvalue weighted by Crippen LogP contribution is -2.30. The summed E-state index contributed by atoms with van der Waals surface area (Å²) < 4.78 is 14.6. The van der Waals surface area contributed by atoms with Crippen molar-refractivity contribution in [1.82, 2.24) is 5.32 Å². The Hall–Kier alpha value is -4.81. The molecule has 0 bridgehead atoms. The number of para-hydroxylation sites is 1. The van der Waals surface area contributed by atoms with Crippen LogP contribution in [0.5, 0.6) is 0 Å². The first-order valence-corrected chi connectivity index (χ1v) is 14.1. The average molecular weight is 649 g/mol. The van der Waals surface area contributed by atoms with Crippen molar-refractivity contribution in [3.63, 3.8) is 0 Å². The molecule has 0 aliphatic carbocycles. The Kier molecular flexibility index (Phi) is 10.2. The van der Waals surface area contributed by atoms with Crippen LogP contribution in [0, 0.1) is 15.9 Å². The zero-order valence-electron chi connectivity index (χ0n) is 21.7. The van der Waals surface area contributed by atoms with Crippen molar-refractivity contribution in [3.8, 4) is 0 Å². The molecule has 0 atom stereocenters. The normalized spacial score (nSPS) is 11.0. The molecule has 4 rings (SSSR count). The van der Waals surface area contributed by atoms with E-state index in [-0.39, 0.29) is 28.4 Å². The number of nitro groups is 1. The molecule has 12 heteroatoms. The van der Waals surface area contributed by atoms with Crippen LogP contribution in [0.1, 0.15) is 15.9 Å². The zero-order chi connectivity index (χ0) is 30.1. The molecule has 0 saturated carbocycles. The van der Waals surface area contributed by atoms with Crippen molar-refractivity contribution in [2.45, 2.75) is 4.90 Å². The first-order valence-electron chi connectivity index (χ1n) is 12.3. The summed E-state index contributed by atoms with van der Waals surface area (Å²) in [6, 6.07) is 25.0. The number of halogens is 2. The lowest BCUT2D eigenvalue weighted by Gasteiger charge is -2.12. The molecular weight excluding hydrogens is 627 g/mol. The standard InChI is InChI=1S/C30H22BrFN4O5S/c31-21-13-14-25(24(32)16-21)34-28(37)18-42-23-11-6-10-22(17-23)33-30(39)26(35-29(38)19-7-2-1-3-8-19)15-20-9-4-5-12-27(20)36(40)41/h1-17H,18H2,(H,33,39)(H,34,37)(H,35,38)/b26-15+. The van der Waals surface area contributed by atoms with Crippen LogP contribution < -0.4 is 16.0 Å². The third kappa shape index (κ3) is 8.35. The molecule has 4 aromatic rings. The Morgan fingerprint density at radius 2 is 1.64 bits per heavy atom. The van der Waals surface area contributed by atoms with Crippen LogP contribution in [-0.2, 0) is 9.59 Å². The zero-order valence-corrected chi connectivity index (χ0v) is 24.1. The molecule has 42 heavy (non-hydrogen) atoms. The van der Waals surface area contributed by atoms with E-state index in [1.165, 1.54) is 48.2 Å². The lowest BCUT2D eigenvalue weighted by molar-refractivity contribution is -0.385. The summed E-state index contributed by atoms with van der Waals surface area (Å²) in [7, 11) is 0. The van der Waals surface area contributed by atoms with Gasteiger partial charge in [0, 0.05) is 26.7 Å². The number of hydrogen-bond acceptors (Lipinski definition) is 6. The molecule has 9 nitrogen and oxygen atoms in total. The van der Waals surface area contributed by atoms with E-state index >= 15 is 0 Å². The minimum absolute atomic E-state index is 0.0249. The van der Waals surface area contributed by atoms with E-state index in [1.807, 2.05) is 0 Å². The van der Waals surface area contributed by atoms with Crippen LogP contribution >= 0.6 is 27.7 Å². The Labute approximate surface area is 252 Å². The smallest absolute Gasteiger partial charge is 0.276 e. The average Bonchev–Trinajstić information content (AvgIpc) is 2.98. The van der Waals surface area contributed by atoms with Gasteiger partial charge >= 0.3 is 0 Å². The summed E-state index contributed by atoms with van der Waals surface area (Å²) in [6.07, 6.45) is 1.23. The Morgan fingerprint density at radius 3 is 2.38 bits per heavy atom. The molecule has 4 aromatic carbocycles. The van der Waals surface area contributed by atoms with Gasteiger partial charge in [-0.15, -0.1) is 11.8 Å². The number of benzene rings is 4. The van der Waals surface area contributed by atoms with Gasteiger partial charge in [-0.25, -0.2) is 4.39 Å². The predicted molar refractivity (Wildman–Crippen MR) is 164 cm³/mol. The van der Waals surface area contributed by atoms with Gasteiger partial charge in [0.15, 0.2) is 0 Å². The van der Waals surface area contributed by atoms with Crippen molar-refractivity contribution in [3.05, 3.63) is 134 Å². The third-order valence-corrected chi connectivity index (χ3v) is 7.12. The Balaban J connectivity index is 1.50. The van der Waals surface area contributed by atoms with Gasteiger partial charge in [0.25, 0.3) is 17.5 Å². The second-order valence-electron chi connectivity index (χ2n) is 8.64. The third-order valence-electron chi connectivity index (χ3n) is 5.63. The van der Waals surface area contributed by atoms with Gasteiger partial charge in [0.05, 0.1) is 21.9 Å².